The number of fused-ring (bicyclic) bond motifs is 1. The Morgan fingerprint density at radius 1 is 1.40 bits per heavy atom. The summed E-state index contributed by atoms with van der Waals surface area (Å²) in [5.41, 5.74) is 1.25. The van der Waals surface area contributed by atoms with Gasteiger partial charge in [-0.3, -0.25) is 4.79 Å². The summed E-state index contributed by atoms with van der Waals surface area (Å²) < 4.78 is 13.1. The third-order valence-electron chi connectivity index (χ3n) is 2.92. The second-order valence-electron chi connectivity index (χ2n) is 4.74. The highest BCUT2D eigenvalue weighted by molar-refractivity contribution is 5.97. The quantitative estimate of drug-likeness (QED) is 0.638. The molecule has 1 aromatic rings. The van der Waals surface area contributed by atoms with E-state index in [4.69, 9.17) is 0 Å². The number of likely N-dealkylation sites (N-methyl/N-ethyl adjacent to an activating group) is 1. The maximum absolute atomic E-state index is 13.1. The molecule has 0 atom stereocenters. The lowest BCUT2D eigenvalue weighted by molar-refractivity contribution is 0.0737. The topological polar surface area (TPSA) is 20.3 Å². The fourth-order valence-electron chi connectivity index (χ4n) is 2.22. The van der Waals surface area contributed by atoms with Crippen LogP contribution in [0.5, 0.6) is 0 Å². The van der Waals surface area contributed by atoms with Gasteiger partial charge in [-0.25, -0.2) is 4.39 Å². The van der Waals surface area contributed by atoms with E-state index < -0.39 is 0 Å². The molecule has 0 fully saturated rings. The Kier molecular flexibility index (Phi) is 2.07. The van der Waals surface area contributed by atoms with Gasteiger partial charge in [0.25, 0.3) is 5.91 Å². The van der Waals surface area contributed by atoms with Crippen LogP contribution in [0.25, 0.3) is 0 Å². The largest absolute Gasteiger partial charge is 0.341 e. The first kappa shape index (κ1) is 10.1. The number of amides is 1. The van der Waals surface area contributed by atoms with E-state index in [0.29, 0.717) is 12.1 Å². The van der Waals surface area contributed by atoms with Crippen molar-refractivity contribution in [2.75, 3.05) is 13.6 Å². The SMILES string of the molecule is CN1CC(C)(C)c2cc(F)ccc2C1=O. The van der Waals surface area contributed by atoms with Gasteiger partial charge in [0.2, 0.25) is 0 Å². The van der Waals surface area contributed by atoms with E-state index in [2.05, 4.69) is 0 Å². The Bertz CT molecular complexity index is 426. The number of nitrogens with zero attached hydrogens (tertiary/aromatic N) is 1. The molecule has 0 spiro atoms. The lowest BCUT2D eigenvalue weighted by atomic mass is 9.78. The fourth-order valence-corrected chi connectivity index (χ4v) is 2.22. The van der Waals surface area contributed by atoms with Gasteiger partial charge in [-0.1, -0.05) is 13.8 Å². The number of carbonyl (C=O) groups is 1. The van der Waals surface area contributed by atoms with Crippen LogP contribution >= 0.6 is 0 Å². The smallest absolute Gasteiger partial charge is 0.253 e. The second kappa shape index (κ2) is 3.05. The van der Waals surface area contributed by atoms with Crippen molar-refractivity contribution >= 4 is 5.91 Å². The third-order valence-corrected chi connectivity index (χ3v) is 2.92. The molecule has 0 bridgehead atoms. The molecule has 2 rings (SSSR count). The van der Waals surface area contributed by atoms with Crippen molar-refractivity contribution in [1.82, 2.24) is 4.90 Å². The standard InChI is InChI=1S/C12H14FNO/c1-12(2)7-14(3)11(15)9-5-4-8(13)6-10(9)12/h4-6H,7H2,1-3H3. The van der Waals surface area contributed by atoms with E-state index in [1.54, 1.807) is 18.0 Å². The van der Waals surface area contributed by atoms with Gasteiger partial charge in [0, 0.05) is 24.6 Å². The van der Waals surface area contributed by atoms with Crippen molar-refractivity contribution in [1.29, 1.82) is 0 Å². The second-order valence-corrected chi connectivity index (χ2v) is 4.74. The van der Waals surface area contributed by atoms with E-state index in [-0.39, 0.29) is 17.1 Å². The molecule has 1 amide bonds. The Labute approximate surface area is 88.7 Å². The molecule has 1 aliphatic rings. The number of halogens is 1. The fraction of sp³-hybridized carbons (Fsp3) is 0.417. The first-order valence-electron chi connectivity index (χ1n) is 4.97. The molecule has 0 saturated heterocycles. The Morgan fingerprint density at radius 3 is 2.73 bits per heavy atom. The minimum atomic E-state index is -0.279. The van der Waals surface area contributed by atoms with Crippen LogP contribution < -0.4 is 0 Å². The third kappa shape index (κ3) is 1.52. The molecule has 0 unspecified atom stereocenters. The summed E-state index contributed by atoms with van der Waals surface area (Å²) in [6, 6.07) is 4.39. The number of rotatable bonds is 0. The Morgan fingerprint density at radius 2 is 2.07 bits per heavy atom. The van der Waals surface area contributed by atoms with Crippen LogP contribution in [0.3, 0.4) is 0 Å². The van der Waals surface area contributed by atoms with Crippen LogP contribution in [0, 0.1) is 5.82 Å². The molecule has 0 saturated carbocycles. The number of carbonyl (C=O) groups excluding carboxylic acids is 1. The van der Waals surface area contributed by atoms with Crippen LogP contribution in [0.15, 0.2) is 18.2 Å². The molecule has 0 N–H and O–H groups in total. The maximum atomic E-state index is 13.1. The molecule has 80 valence electrons. The minimum absolute atomic E-state index is 0.0238. The van der Waals surface area contributed by atoms with Gasteiger partial charge in [0.1, 0.15) is 5.82 Å². The Balaban J connectivity index is 2.64. The zero-order chi connectivity index (χ0) is 11.2. The van der Waals surface area contributed by atoms with E-state index in [1.165, 1.54) is 12.1 Å². The molecule has 2 nitrogen and oxygen atoms in total. The predicted octanol–water partition coefficient (Wildman–Crippen LogP) is 2.19. The van der Waals surface area contributed by atoms with E-state index in [1.807, 2.05) is 13.8 Å². The number of benzene rings is 1. The molecule has 3 heteroatoms. The molecule has 1 heterocycles. The van der Waals surface area contributed by atoms with Crippen molar-refractivity contribution in [3.05, 3.63) is 35.1 Å². The monoisotopic (exact) mass is 207 g/mol. The van der Waals surface area contributed by atoms with Gasteiger partial charge in [-0.15, -0.1) is 0 Å². The molecule has 0 aliphatic carbocycles. The van der Waals surface area contributed by atoms with Crippen LogP contribution in [0.2, 0.25) is 0 Å². The van der Waals surface area contributed by atoms with Gasteiger partial charge in [-0.05, 0) is 23.8 Å². The molecule has 0 aromatic heterocycles. The first-order chi connectivity index (χ1) is 6.92. The maximum Gasteiger partial charge on any atom is 0.253 e. The average Bonchev–Trinajstić information content (AvgIpc) is 2.14. The van der Waals surface area contributed by atoms with Crippen LogP contribution in [0.1, 0.15) is 29.8 Å². The summed E-state index contributed by atoms with van der Waals surface area (Å²) in [6.45, 7) is 4.67. The van der Waals surface area contributed by atoms with Crippen LogP contribution in [-0.2, 0) is 5.41 Å². The lowest BCUT2D eigenvalue weighted by Crippen LogP contribution is -2.44. The number of hydrogen-bond donors (Lipinski definition) is 0. The van der Waals surface area contributed by atoms with Crippen LogP contribution in [0.4, 0.5) is 4.39 Å². The van der Waals surface area contributed by atoms with E-state index in [0.717, 1.165) is 5.56 Å². The van der Waals surface area contributed by atoms with Crippen molar-refractivity contribution in [3.63, 3.8) is 0 Å². The van der Waals surface area contributed by atoms with E-state index in [9.17, 15) is 9.18 Å². The summed E-state index contributed by atoms with van der Waals surface area (Å²) in [7, 11) is 1.77. The highest BCUT2D eigenvalue weighted by Gasteiger charge is 2.34. The summed E-state index contributed by atoms with van der Waals surface area (Å²) in [5.74, 6) is -0.302. The van der Waals surface area contributed by atoms with Gasteiger partial charge in [-0.2, -0.15) is 0 Å². The van der Waals surface area contributed by atoms with Gasteiger partial charge < -0.3 is 4.90 Å². The average molecular weight is 207 g/mol. The first-order valence-corrected chi connectivity index (χ1v) is 4.97. The predicted molar refractivity (Wildman–Crippen MR) is 56.4 cm³/mol. The summed E-state index contributed by atoms with van der Waals surface area (Å²) in [6.07, 6.45) is 0. The summed E-state index contributed by atoms with van der Waals surface area (Å²) in [5, 5.41) is 0. The molecule has 0 radical (unpaired) electrons. The molecule has 1 aromatic carbocycles. The van der Waals surface area contributed by atoms with Crippen molar-refractivity contribution in [2.45, 2.75) is 19.3 Å². The van der Waals surface area contributed by atoms with Gasteiger partial charge in [0.15, 0.2) is 0 Å². The molecular weight excluding hydrogens is 193 g/mol. The summed E-state index contributed by atoms with van der Waals surface area (Å²) >= 11 is 0. The van der Waals surface area contributed by atoms with Crippen molar-refractivity contribution in [2.24, 2.45) is 0 Å². The normalized spacial score (nSPS) is 18.9. The molecule has 15 heavy (non-hydrogen) atoms. The molecular formula is C12H14FNO. The lowest BCUT2D eigenvalue weighted by Gasteiger charge is -2.37. The van der Waals surface area contributed by atoms with Crippen LogP contribution in [-0.4, -0.2) is 24.4 Å². The highest BCUT2D eigenvalue weighted by Crippen LogP contribution is 2.32. The molecule has 1 aliphatic heterocycles. The summed E-state index contributed by atoms with van der Waals surface area (Å²) in [4.78, 5) is 13.5. The number of hydrogen-bond acceptors (Lipinski definition) is 1. The zero-order valence-electron chi connectivity index (χ0n) is 9.17. The minimum Gasteiger partial charge on any atom is -0.341 e. The van der Waals surface area contributed by atoms with E-state index >= 15 is 0 Å². The zero-order valence-corrected chi connectivity index (χ0v) is 9.17. The van der Waals surface area contributed by atoms with Gasteiger partial charge >= 0.3 is 0 Å². The Hall–Kier alpha value is -1.38. The van der Waals surface area contributed by atoms with Crippen molar-refractivity contribution < 1.29 is 9.18 Å². The highest BCUT2D eigenvalue weighted by atomic mass is 19.1. The van der Waals surface area contributed by atoms with Crippen molar-refractivity contribution in [3.8, 4) is 0 Å². The van der Waals surface area contributed by atoms with Gasteiger partial charge in [0.05, 0.1) is 0 Å².